The minimum atomic E-state index is -0.158. The Morgan fingerprint density at radius 1 is 1.23 bits per heavy atom. The quantitative estimate of drug-likeness (QED) is 0.763. The number of furan rings is 1. The predicted octanol–water partition coefficient (Wildman–Crippen LogP) is 3.02. The number of anilines is 1. The topological polar surface area (TPSA) is 78.5 Å². The molecule has 7 nitrogen and oxygen atoms in total. The Morgan fingerprint density at radius 3 is 2.85 bits per heavy atom. The average molecular weight is 353 g/mol. The van der Waals surface area contributed by atoms with E-state index in [1.54, 1.807) is 31.4 Å². The van der Waals surface area contributed by atoms with E-state index >= 15 is 0 Å². The number of aromatic nitrogens is 2. The second kappa shape index (κ2) is 6.59. The zero-order chi connectivity index (χ0) is 18.1. The second-order valence-electron chi connectivity index (χ2n) is 6.07. The molecule has 26 heavy (non-hydrogen) atoms. The Kier molecular flexibility index (Phi) is 4.12. The van der Waals surface area contributed by atoms with Crippen LogP contribution in [0.3, 0.4) is 0 Å². The van der Waals surface area contributed by atoms with Gasteiger partial charge in [-0.1, -0.05) is 12.1 Å². The van der Waals surface area contributed by atoms with Crippen molar-refractivity contribution in [2.24, 2.45) is 0 Å². The average Bonchev–Trinajstić information content (AvgIpc) is 3.31. The van der Waals surface area contributed by atoms with Crippen molar-refractivity contribution in [3.8, 4) is 11.5 Å². The minimum absolute atomic E-state index is 0.0615. The molecule has 1 aliphatic heterocycles. The van der Waals surface area contributed by atoms with E-state index in [0.717, 1.165) is 16.9 Å². The van der Waals surface area contributed by atoms with Gasteiger partial charge in [-0.25, -0.2) is 4.68 Å². The summed E-state index contributed by atoms with van der Waals surface area (Å²) < 4.78 is 18.1. The summed E-state index contributed by atoms with van der Waals surface area (Å²) in [7, 11) is 3.20. The Bertz CT molecular complexity index is 930. The van der Waals surface area contributed by atoms with E-state index in [2.05, 4.69) is 10.4 Å². The molecule has 1 amide bonds. The molecule has 0 saturated carbocycles. The van der Waals surface area contributed by atoms with Crippen molar-refractivity contribution < 1.29 is 18.7 Å². The summed E-state index contributed by atoms with van der Waals surface area (Å²) in [6, 6.07) is 9.40. The second-order valence-corrected chi connectivity index (χ2v) is 6.07. The Morgan fingerprint density at radius 2 is 2.12 bits per heavy atom. The fraction of sp³-hybridized carbons (Fsp3) is 0.263. The molecule has 0 saturated heterocycles. The Hall–Kier alpha value is -3.22. The lowest BCUT2D eigenvalue weighted by Gasteiger charge is -2.25. The number of nitrogens with one attached hydrogen (secondary N) is 1. The molecular weight excluding hydrogens is 334 g/mol. The van der Waals surface area contributed by atoms with Crippen LogP contribution in [0.2, 0.25) is 0 Å². The largest absolute Gasteiger partial charge is 0.493 e. The zero-order valence-corrected chi connectivity index (χ0v) is 14.6. The molecule has 1 unspecified atom stereocenters. The molecule has 0 spiro atoms. The van der Waals surface area contributed by atoms with Gasteiger partial charge in [-0.05, 0) is 18.2 Å². The van der Waals surface area contributed by atoms with Gasteiger partial charge < -0.3 is 19.2 Å². The maximum absolute atomic E-state index is 12.4. The first kappa shape index (κ1) is 16.3. The van der Waals surface area contributed by atoms with Crippen molar-refractivity contribution in [1.82, 2.24) is 9.78 Å². The normalized spacial score (nSPS) is 16.1. The van der Waals surface area contributed by atoms with Gasteiger partial charge in [0.1, 0.15) is 18.1 Å². The predicted molar refractivity (Wildman–Crippen MR) is 94.7 cm³/mol. The molecule has 134 valence electrons. The van der Waals surface area contributed by atoms with Crippen LogP contribution in [0, 0.1) is 0 Å². The molecule has 0 bridgehead atoms. The van der Waals surface area contributed by atoms with E-state index in [4.69, 9.17) is 13.9 Å². The van der Waals surface area contributed by atoms with Crippen LogP contribution in [0.15, 0.2) is 47.2 Å². The summed E-state index contributed by atoms with van der Waals surface area (Å²) in [5.74, 6) is 2.52. The lowest BCUT2D eigenvalue weighted by Crippen LogP contribution is -2.25. The van der Waals surface area contributed by atoms with Gasteiger partial charge in [0.25, 0.3) is 0 Å². The number of benzene rings is 1. The van der Waals surface area contributed by atoms with Crippen molar-refractivity contribution in [1.29, 1.82) is 0 Å². The van der Waals surface area contributed by atoms with Crippen molar-refractivity contribution in [3.63, 3.8) is 0 Å². The Labute approximate surface area is 150 Å². The number of para-hydroxylation sites is 1. The van der Waals surface area contributed by atoms with Crippen LogP contribution < -0.4 is 14.8 Å². The first-order valence-corrected chi connectivity index (χ1v) is 8.30. The minimum Gasteiger partial charge on any atom is -0.493 e. The van der Waals surface area contributed by atoms with E-state index in [1.165, 1.54) is 0 Å². The third-order valence-electron chi connectivity index (χ3n) is 4.59. The highest BCUT2D eigenvalue weighted by Gasteiger charge is 2.32. The van der Waals surface area contributed by atoms with E-state index in [0.29, 0.717) is 30.3 Å². The molecule has 3 heterocycles. The van der Waals surface area contributed by atoms with E-state index in [1.807, 2.05) is 30.3 Å². The first-order valence-electron chi connectivity index (χ1n) is 8.30. The first-order chi connectivity index (χ1) is 12.7. The lowest BCUT2D eigenvalue weighted by molar-refractivity contribution is -0.116. The van der Waals surface area contributed by atoms with Gasteiger partial charge in [0.15, 0.2) is 11.5 Å². The SMILES string of the molecule is COc1cccc(C2CC(=O)Nc3c2cnn3Cc2ccco2)c1OC. The molecule has 0 fully saturated rings. The number of fused-ring (bicyclic) bond motifs is 1. The third-order valence-corrected chi connectivity index (χ3v) is 4.59. The van der Waals surface area contributed by atoms with Crippen molar-refractivity contribution >= 4 is 11.7 Å². The number of rotatable bonds is 5. The van der Waals surface area contributed by atoms with Crippen LogP contribution in [-0.2, 0) is 11.3 Å². The zero-order valence-electron chi connectivity index (χ0n) is 14.6. The molecule has 1 aliphatic rings. The van der Waals surface area contributed by atoms with Gasteiger partial charge in [0, 0.05) is 23.5 Å². The maximum atomic E-state index is 12.4. The summed E-state index contributed by atoms with van der Waals surface area (Å²) >= 11 is 0. The molecule has 1 aromatic carbocycles. The van der Waals surface area contributed by atoms with Crippen LogP contribution in [0.4, 0.5) is 5.82 Å². The number of hydrogen-bond acceptors (Lipinski definition) is 5. The summed E-state index contributed by atoms with van der Waals surface area (Å²) in [4.78, 5) is 12.4. The fourth-order valence-corrected chi connectivity index (χ4v) is 3.40. The van der Waals surface area contributed by atoms with Gasteiger partial charge in [0.2, 0.25) is 5.91 Å². The lowest BCUT2D eigenvalue weighted by atomic mass is 9.86. The van der Waals surface area contributed by atoms with Crippen LogP contribution in [0.25, 0.3) is 0 Å². The monoisotopic (exact) mass is 353 g/mol. The molecule has 0 radical (unpaired) electrons. The standard InChI is InChI=1S/C19H19N3O4/c1-24-16-7-3-6-13(18(16)25-2)14-9-17(23)21-19-15(14)10-20-22(19)11-12-5-4-8-26-12/h3-8,10,14H,9,11H2,1-2H3,(H,21,23). The van der Waals surface area contributed by atoms with Crippen LogP contribution in [-0.4, -0.2) is 29.9 Å². The smallest absolute Gasteiger partial charge is 0.226 e. The molecule has 2 aromatic heterocycles. The van der Waals surface area contributed by atoms with Crippen molar-refractivity contribution in [3.05, 3.63) is 59.7 Å². The van der Waals surface area contributed by atoms with Gasteiger partial charge in [-0.15, -0.1) is 0 Å². The maximum Gasteiger partial charge on any atom is 0.226 e. The number of ether oxygens (including phenoxy) is 2. The highest BCUT2D eigenvalue weighted by atomic mass is 16.5. The number of carbonyl (C=O) groups is 1. The molecule has 7 heteroatoms. The van der Waals surface area contributed by atoms with Crippen LogP contribution in [0.5, 0.6) is 11.5 Å². The number of hydrogen-bond donors (Lipinski definition) is 1. The van der Waals surface area contributed by atoms with Crippen LogP contribution >= 0.6 is 0 Å². The number of methoxy groups -OCH3 is 2. The highest BCUT2D eigenvalue weighted by molar-refractivity contribution is 5.94. The van der Waals surface area contributed by atoms with Gasteiger partial charge >= 0.3 is 0 Å². The van der Waals surface area contributed by atoms with E-state index in [9.17, 15) is 4.79 Å². The molecular formula is C19H19N3O4. The summed E-state index contributed by atoms with van der Waals surface area (Å²) in [5, 5.41) is 7.39. The molecule has 1 atom stereocenters. The van der Waals surface area contributed by atoms with Crippen molar-refractivity contribution in [2.45, 2.75) is 18.9 Å². The summed E-state index contributed by atoms with van der Waals surface area (Å²) in [5.41, 5.74) is 1.85. The van der Waals surface area contributed by atoms with Crippen molar-refractivity contribution in [2.75, 3.05) is 19.5 Å². The number of amides is 1. The number of nitrogens with zero attached hydrogens (tertiary/aromatic N) is 2. The number of carbonyl (C=O) groups excluding carboxylic acids is 1. The molecule has 3 aromatic rings. The fourth-order valence-electron chi connectivity index (χ4n) is 3.40. The summed E-state index contributed by atoms with van der Waals surface area (Å²) in [6.45, 7) is 0.449. The molecule has 0 aliphatic carbocycles. The van der Waals surface area contributed by atoms with Gasteiger partial charge in [-0.2, -0.15) is 5.10 Å². The third kappa shape index (κ3) is 2.71. The van der Waals surface area contributed by atoms with Gasteiger partial charge in [-0.3, -0.25) is 4.79 Å². The Balaban J connectivity index is 1.77. The molecule has 1 N–H and O–H groups in total. The van der Waals surface area contributed by atoms with Gasteiger partial charge in [0.05, 0.1) is 26.7 Å². The highest BCUT2D eigenvalue weighted by Crippen LogP contribution is 2.43. The van der Waals surface area contributed by atoms with Crippen LogP contribution in [0.1, 0.15) is 29.2 Å². The molecule has 4 rings (SSSR count). The van der Waals surface area contributed by atoms with E-state index < -0.39 is 0 Å². The van der Waals surface area contributed by atoms with E-state index in [-0.39, 0.29) is 11.8 Å². The summed E-state index contributed by atoms with van der Waals surface area (Å²) in [6.07, 6.45) is 3.73.